The summed E-state index contributed by atoms with van der Waals surface area (Å²) in [7, 11) is 5.51. The summed E-state index contributed by atoms with van der Waals surface area (Å²) in [5.74, 6) is 1.76. The zero-order valence-electron chi connectivity index (χ0n) is 14.8. The number of aliphatic imine (C=N–C) groups is 1. The van der Waals surface area contributed by atoms with Crippen LogP contribution in [0.25, 0.3) is 0 Å². The van der Waals surface area contributed by atoms with Gasteiger partial charge in [-0.25, -0.2) is 0 Å². The Morgan fingerprint density at radius 1 is 1.26 bits per heavy atom. The van der Waals surface area contributed by atoms with E-state index in [1.807, 2.05) is 19.2 Å². The number of rotatable bonds is 8. The van der Waals surface area contributed by atoms with Crippen molar-refractivity contribution in [3.63, 3.8) is 0 Å². The first-order valence-electron chi connectivity index (χ1n) is 7.73. The molecule has 0 spiro atoms. The van der Waals surface area contributed by atoms with Crippen LogP contribution in [0.5, 0.6) is 5.75 Å². The molecule has 0 saturated heterocycles. The van der Waals surface area contributed by atoms with Crippen LogP contribution >= 0.6 is 24.0 Å². The SMILES string of the molecule is CN=C(NCCCOC(C)C)N(C)Cc1ccc(OC)cc1.I. The molecule has 0 radical (unpaired) electrons. The van der Waals surface area contributed by atoms with Gasteiger partial charge in [0, 0.05) is 33.8 Å². The quantitative estimate of drug-likeness (QED) is 0.295. The van der Waals surface area contributed by atoms with E-state index in [-0.39, 0.29) is 30.1 Å². The molecule has 6 heteroatoms. The van der Waals surface area contributed by atoms with Gasteiger partial charge in [-0.1, -0.05) is 12.1 Å². The lowest BCUT2D eigenvalue weighted by atomic mass is 10.2. The van der Waals surface area contributed by atoms with Gasteiger partial charge in [-0.2, -0.15) is 0 Å². The fourth-order valence-corrected chi connectivity index (χ4v) is 2.06. The lowest BCUT2D eigenvalue weighted by Gasteiger charge is -2.22. The van der Waals surface area contributed by atoms with Crippen LogP contribution < -0.4 is 10.1 Å². The van der Waals surface area contributed by atoms with E-state index in [1.165, 1.54) is 5.56 Å². The maximum Gasteiger partial charge on any atom is 0.193 e. The fourth-order valence-electron chi connectivity index (χ4n) is 2.06. The third kappa shape index (κ3) is 9.00. The van der Waals surface area contributed by atoms with Gasteiger partial charge in [0.1, 0.15) is 5.75 Å². The molecule has 0 aliphatic rings. The van der Waals surface area contributed by atoms with Gasteiger partial charge < -0.3 is 19.7 Å². The monoisotopic (exact) mass is 435 g/mol. The van der Waals surface area contributed by atoms with Crippen LogP contribution in [0.3, 0.4) is 0 Å². The number of benzene rings is 1. The zero-order chi connectivity index (χ0) is 16.4. The molecule has 0 unspecified atom stereocenters. The molecule has 132 valence electrons. The second-order valence-corrected chi connectivity index (χ2v) is 5.45. The van der Waals surface area contributed by atoms with Gasteiger partial charge in [-0.3, -0.25) is 4.99 Å². The minimum atomic E-state index is 0. The first-order valence-corrected chi connectivity index (χ1v) is 7.73. The summed E-state index contributed by atoms with van der Waals surface area (Å²) in [5, 5.41) is 3.36. The van der Waals surface area contributed by atoms with E-state index in [0.717, 1.165) is 37.8 Å². The Morgan fingerprint density at radius 2 is 1.91 bits per heavy atom. The number of hydrogen-bond donors (Lipinski definition) is 1. The standard InChI is InChI=1S/C17H29N3O2.HI/c1-14(2)22-12-6-11-19-17(18-3)20(4)13-15-7-9-16(21-5)10-8-15;/h7-10,14H,6,11-13H2,1-5H3,(H,18,19);1H. The van der Waals surface area contributed by atoms with E-state index < -0.39 is 0 Å². The van der Waals surface area contributed by atoms with Gasteiger partial charge >= 0.3 is 0 Å². The topological polar surface area (TPSA) is 46.1 Å². The number of hydrogen-bond acceptors (Lipinski definition) is 3. The number of halogens is 1. The Morgan fingerprint density at radius 3 is 2.43 bits per heavy atom. The van der Waals surface area contributed by atoms with Crippen LogP contribution in [0.2, 0.25) is 0 Å². The van der Waals surface area contributed by atoms with Crippen LogP contribution in [-0.2, 0) is 11.3 Å². The highest BCUT2D eigenvalue weighted by molar-refractivity contribution is 14.0. The third-order valence-electron chi connectivity index (χ3n) is 3.21. The van der Waals surface area contributed by atoms with Crippen molar-refractivity contribution >= 4 is 29.9 Å². The average Bonchev–Trinajstić information content (AvgIpc) is 2.51. The van der Waals surface area contributed by atoms with Crippen LogP contribution in [-0.4, -0.2) is 51.3 Å². The summed E-state index contributed by atoms with van der Waals surface area (Å²) >= 11 is 0. The van der Waals surface area contributed by atoms with Crippen molar-refractivity contribution in [1.82, 2.24) is 10.2 Å². The lowest BCUT2D eigenvalue weighted by molar-refractivity contribution is 0.0776. The minimum absolute atomic E-state index is 0. The second-order valence-electron chi connectivity index (χ2n) is 5.45. The van der Waals surface area contributed by atoms with Gasteiger partial charge in [0.25, 0.3) is 0 Å². The molecule has 1 rings (SSSR count). The largest absolute Gasteiger partial charge is 0.497 e. The van der Waals surface area contributed by atoms with Crippen LogP contribution in [0.15, 0.2) is 29.3 Å². The Bertz CT molecular complexity index is 450. The Hall–Kier alpha value is -1.02. The molecule has 1 aromatic carbocycles. The van der Waals surface area contributed by atoms with Crippen molar-refractivity contribution in [2.75, 3.05) is 34.4 Å². The highest BCUT2D eigenvalue weighted by atomic mass is 127. The van der Waals surface area contributed by atoms with E-state index in [9.17, 15) is 0 Å². The van der Waals surface area contributed by atoms with E-state index >= 15 is 0 Å². The van der Waals surface area contributed by atoms with Crippen LogP contribution in [0.1, 0.15) is 25.8 Å². The number of ether oxygens (including phenoxy) is 2. The predicted octanol–water partition coefficient (Wildman–Crippen LogP) is 3.14. The third-order valence-corrected chi connectivity index (χ3v) is 3.21. The molecule has 0 bridgehead atoms. The Labute approximate surface area is 157 Å². The summed E-state index contributed by atoms with van der Waals surface area (Å²) in [6, 6.07) is 8.09. The molecule has 0 atom stereocenters. The molecule has 1 N–H and O–H groups in total. The zero-order valence-corrected chi connectivity index (χ0v) is 17.2. The van der Waals surface area contributed by atoms with E-state index in [2.05, 4.69) is 41.2 Å². The lowest BCUT2D eigenvalue weighted by Crippen LogP contribution is -2.39. The molecule has 5 nitrogen and oxygen atoms in total. The highest BCUT2D eigenvalue weighted by Crippen LogP contribution is 2.12. The summed E-state index contributed by atoms with van der Waals surface area (Å²) in [6.07, 6.45) is 1.25. The molecule has 0 aliphatic heterocycles. The highest BCUT2D eigenvalue weighted by Gasteiger charge is 2.06. The summed E-state index contributed by atoms with van der Waals surface area (Å²) < 4.78 is 10.7. The molecule has 1 aromatic rings. The van der Waals surface area contributed by atoms with Crippen LogP contribution in [0, 0.1) is 0 Å². The number of methoxy groups -OCH3 is 1. The average molecular weight is 435 g/mol. The molecule has 0 heterocycles. The molecular formula is C17H30IN3O2. The van der Waals surface area contributed by atoms with Gasteiger partial charge in [0.05, 0.1) is 13.2 Å². The molecule has 0 fully saturated rings. The Balaban J connectivity index is 0.00000484. The maximum absolute atomic E-state index is 5.53. The molecule has 0 saturated carbocycles. The van der Waals surface area contributed by atoms with Crippen molar-refractivity contribution in [2.24, 2.45) is 4.99 Å². The Kier molecular flexibility index (Phi) is 11.9. The number of guanidine groups is 1. The summed E-state index contributed by atoms with van der Waals surface area (Å²) in [6.45, 7) is 6.52. The fraction of sp³-hybridized carbons (Fsp3) is 0.588. The van der Waals surface area contributed by atoms with Crippen molar-refractivity contribution in [3.8, 4) is 5.75 Å². The van der Waals surface area contributed by atoms with Crippen molar-refractivity contribution in [1.29, 1.82) is 0 Å². The normalized spacial score (nSPS) is 11.1. The smallest absolute Gasteiger partial charge is 0.193 e. The summed E-state index contributed by atoms with van der Waals surface area (Å²) in [4.78, 5) is 6.42. The maximum atomic E-state index is 5.53. The summed E-state index contributed by atoms with van der Waals surface area (Å²) in [5.41, 5.74) is 1.22. The molecular weight excluding hydrogens is 405 g/mol. The first kappa shape index (κ1) is 22.0. The molecule has 23 heavy (non-hydrogen) atoms. The molecule has 0 amide bonds. The second kappa shape index (κ2) is 12.4. The number of nitrogens with zero attached hydrogens (tertiary/aromatic N) is 2. The van der Waals surface area contributed by atoms with E-state index in [4.69, 9.17) is 9.47 Å². The predicted molar refractivity (Wildman–Crippen MR) is 107 cm³/mol. The van der Waals surface area contributed by atoms with Gasteiger partial charge in [-0.05, 0) is 38.0 Å². The van der Waals surface area contributed by atoms with Crippen molar-refractivity contribution in [3.05, 3.63) is 29.8 Å². The van der Waals surface area contributed by atoms with Crippen molar-refractivity contribution < 1.29 is 9.47 Å². The van der Waals surface area contributed by atoms with E-state index in [0.29, 0.717) is 0 Å². The van der Waals surface area contributed by atoms with Gasteiger partial charge in [-0.15, -0.1) is 24.0 Å². The van der Waals surface area contributed by atoms with Crippen LogP contribution in [0.4, 0.5) is 0 Å². The van der Waals surface area contributed by atoms with Gasteiger partial charge in [0.2, 0.25) is 0 Å². The van der Waals surface area contributed by atoms with Gasteiger partial charge in [0.15, 0.2) is 5.96 Å². The van der Waals surface area contributed by atoms with E-state index in [1.54, 1.807) is 14.2 Å². The number of nitrogens with one attached hydrogen (secondary N) is 1. The first-order chi connectivity index (χ1) is 10.6. The molecule has 0 aromatic heterocycles. The molecule has 0 aliphatic carbocycles. The van der Waals surface area contributed by atoms with Crippen molar-refractivity contribution in [2.45, 2.75) is 32.9 Å². The minimum Gasteiger partial charge on any atom is -0.497 e.